The molecule has 0 rings (SSSR count). The predicted octanol–water partition coefficient (Wildman–Crippen LogP) is 4.21. The highest BCUT2D eigenvalue weighted by Crippen LogP contribution is 2.02. The van der Waals surface area contributed by atoms with E-state index in [9.17, 15) is 0 Å². The third kappa shape index (κ3) is 14.6. The molecule has 0 aromatic heterocycles. The van der Waals surface area contributed by atoms with Gasteiger partial charge in [0.2, 0.25) is 0 Å². The highest BCUT2D eigenvalue weighted by Gasteiger charge is 1.92. The fraction of sp³-hybridized carbons (Fsp3) is 1.00. The molecule has 16 heavy (non-hydrogen) atoms. The molecule has 0 aliphatic rings. The Hall–Kier alpha value is 0.650. The first-order valence-electron chi connectivity index (χ1n) is 6.63. The average Bonchev–Trinajstić information content (AvgIpc) is 2.31. The molecular formula is C13H27IO2. The Morgan fingerprint density at radius 1 is 0.688 bits per heavy atom. The Labute approximate surface area is 115 Å². The third-order valence-corrected chi connectivity index (χ3v) is 3.20. The second kappa shape index (κ2) is 15.6. The standard InChI is InChI=1S/C13H27IO2/c1-2-3-7-10-15-12-13-16-11-8-5-4-6-9-14/h2-13H2,1H3. The van der Waals surface area contributed by atoms with E-state index >= 15 is 0 Å². The molecule has 0 fully saturated rings. The van der Waals surface area contributed by atoms with E-state index in [0.29, 0.717) is 0 Å². The lowest BCUT2D eigenvalue weighted by atomic mass is 10.2. The second-order valence-electron chi connectivity index (χ2n) is 4.04. The van der Waals surface area contributed by atoms with Crippen LogP contribution in [0.15, 0.2) is 0 Å². The number of rotatable bonds is 13. The van der Waals surface area contributed by atoms with E-state index in [-0.39, 0.29) is 0 Å². The van der Waals surface area contributed by atoms with Crippen molar-refractivity contribution in [2.45, 2.75) is 51.9 Å². The molecule has 0 saturated carbocycles. The van der Waals surface area contributed by atoms with Crippen molar-refractivity contribution in [2.24, 2.45) is 0 Å². The van der Waals surface area contributed by atoms with Gasteiger partial charge in [0.25, 0.3) is 0 Å². The van der Waals surface area contributed by atoms with Crippen LogP contribution in [-0.4, -0.2) is 30.9 Å². The molecule has 3 heteroatoms. The Balaban J connectivity index is 2.83. The van der Waals surface area contributed by atoms with Crippen LogP contribution in [0.1, 0.15) is 51.9 Å². The van der Waals surface area contributed by atoms with Crippen LogP contribution in [0.3, 0.4) is 0 Å². The van der Waals surface area contributed by atoms with Crippen LogP contribution in [0.4, 0.5) is 0 Å². The lowest BCUT2D eigenvalue weighted by molar-refractivity contribution is 0.0450. The fourth-order valence-corrected chi connectivity index (χ4v) is 1.97. The topological polar surface area (TPSA) is 18.5 Å². The summed E-state index contributed by atoms with van der Waals surface area (Å²) >= 11 is 2.43. The van der Waals surface area contributed by atoms with Crippen LogP contribution in [0.2, 0.25) is 0 Å². The SMILES string of the molecule is CCCCCOCCOCCCCCCI. The van der Waals surface area contributed by atoms with Crippen molar-refractivity contribution in [3.05, 3.63) is 0 Å². The van der Waals surface area contributed by atoms with E-state index in [1.54, 1.807) is 0 Å². The molecule has 0 saturated heterocycles. The number of hydrogen-bond donors (Lipinski definition) is 0. The minimum Gasteiger partial charge on any atom is -0.379 e. The summed E-state index contributed by atoms with van der Waals surface area (Å²) in [6, 6.07) is 0. The number of hydrogen-bond acceptors (Lipinski definition) is 2. The monoisotopic (exact) mass is 342 g/mol. The largest absolute Gasteiger partial charge is 0.379 e. The maximum atomic E-state index is 5.49. The molecule has 0 unspecified atom stereocenters. The van der Waals surface area contributed by atoms with Crippen LogP contribution in [-0.2, 0) is 9.47 Å². The van der Waals surface area contributed by atoms with Crippen LogP contribution < -0.4 is 0 Å². The van der Waals surface area contributed by atoms with Gasteiger partial charge >= 0.3 is 0 Å². The summed E-state index contributed by atoms with van der Waals surface area (Å²) in [5.74, 6) is 0. The van der Waals surface area contributed by atoms with E-state index in [1.807, 2.05) is 0 Å². The minimum absolute atomic E-state index is 0.761. The Bertz CT molecular complexity index is 107. The summed E-state index contributed by atoms with van der Waals surface area (Å²) in [5.41, 5.74) is 0. The van der Waals surface area contributed by atoms with Gasteiger partial charge in [-0.2, -0.15) is 0 Å². The van der Waals surface area contributed by atoms with Crippen molar-refractivity contribution in [2.75, 3.05) is 30.9 Å². The van der Waals surface area contributed by atoms with Crippen molar-refractivity contribution < 1.29 is 9.47 Å². The van der Waals surface area contributed by atoms with Gasteiger partial charge in [0, 0.05) is 13.2 Å². The quantitative estimate of drug-likeness (QED) is 0.284. The summed E-state index contributed by atoms with van der Waals surface area (Å²) in [6.07, 6.45) is 8.93. The summed E-state index contributed by atoms with van der Waals surface area (Å²) < 4.78 is 12.2. The fourth-order valence-electron chi connectivity index (χ4n) is 1.43. The zero-order valence-electron chi connectivity index (χ0n) is 10.7. The Kier molecular flexibility index (Phi) is 16.3. The van der Waals surface area contributed by atoms with Crippen molar-refractivity contribution >= 4 is 22.6 Å². The van der Waals surface area contributed by atoms with Gasteiger partial charge in [-0.05, 0) is 23.7 Å². The highest BCUT2D eigenvalue weighted by atomic mass is 127. The first-order chi connectivity index (χ1) is 7.91. The molecule has 0 aliphatic carbocycles. The molecule has 0 aromatic rings. The molecule has 0 amide bonds. The van der Waals surface area contributed by atoms with E-state index in [2.05, 4.69) is 29.5 Å². The predicted molar refractivity (Wildman–Crippen MR) is 78.5 cm³/mol. The first kappa shape index (κ1) is 16.6. The molecule has 0 bridgehead atoms. The second-order valence-corrected chi connectivity index (χ2v) is 5.11. The molecule has 0 radical (unpaired) electrons. The van der Waals surface area contributed by atoms with Gasteiger partial charge in [-0.25, -0.2) is 0 Å². The summed E-state index contributed by atoms with van der Waals surface area (Å²) in [7, 11) is 0. The maximum absolute atomic E-state index is 5.49. The average molecular weight is 342 g/mol. The van der Waals surface area contributed by atoms with Gasteiger partial charge in [0.15, 0.2) is 0 Å². The summed E-state index contributed by atoms with van der Waals surface area (Å²) in [6.45, 7) is 5.53. The van der Waals surface area contributed by atoms with Gasteiger partial charge in [-0.1, -0.05) is 55.2 Å². The first-order valence-corrected chi connectivity index (χ1v) is 8.15. The van der Waals surface area contributed by atoms with E-state index in [1.165, 1.54) is 49.4 Å². The minimum atomic E-state index is 0.761. The molecule has 0 atom stereocenters. The molecule has 0 spiro atoms. The van der Waals surface area contributed by atoms with Crippen molar-refractivity contribution in [3.63, 3.8) is 0 Å². The smallest absolute Gasteiger partial charge is 0.0700 e. The summed E-state index contributed by atoms with van der Waals surface area (Å²) in [4.78, 5) is 0. The van der Waals surface area contributed by atoms with Gasteiger partial charge < -0.3 is 9.47 Å². The number of unbranched alkanes of at least 4 members (excludes halogenated alkanes) is 5. The van der Waals surface area contributed by atoms with Crippen LogP contribution in [0.5, 0.6) is 0 Å². The number of ether oxygens (including phenoxy) is 2. The van der Waals surface area contributed by atoms with E-state index in [4.69, 9.17) is 9.47 Å². The van der Waals surface area contributed by atoms with Crippen LogP contribution in [0.25, 0.3) is 0 Å². The summed E-state index contributed by atoms with van der Waals surface area (Å²) in [5, 5.41) is 0. The Morgan fingerprint density at radius 2 is 1.25 bits per heavy atom. The van der Waals surface area contributed by atoms with Crippen LogP contribution >= 0.6 is 22.6 Å². The van der Waals surface area contributed by atoms with Gasteiger partial charge in [0.05, 0.1) is 13.2 Å². The van der Waals surface area contributed by atoms with Crippen molar-refractivity contribution in [3.8, 4) is 0 Å². The zero-order valence-corrected chi connectivity index (χ0v) is 12.8. The molecule has 0 N–H and O–H groups in total. The van der Waals surface area contributed by atoms with Crippen molar-refractivity contribution in [1.82, 2.24) is 0 Å². The van der Waals surface area contributed by atoms with E-state index < -0.39 is 0 Å². The van der Waals surface area contributed by atoms with E-state index in [0.717, 1.165) is 26.4 Å². The number of halogens is 1. The molecule has 0 aliphatic heterocycles. The Morgan fingerprint density at radius 3 is 1.81 bits per heavy atom. The molecular weight excluding hydrogens is 315 g/mol. The maximum Gasteiger partial charge on any atom is 0.0700 e. The van der Waals surface area contributed by atoms with Crippen molar-refractivity contribution in [1.29, 1.82) is 0 Å². The molecule has 0 aromatic carbocycles. The normalized spacial score (nSPS) is 10.9. The molecule has 2 nitrogen and oxygen atoms in total. The highest BCUT2D eigenvalue weighted by molar-refractivity contribution is 14.1. The third-order valence-electron chi connectivity index (χ3n) is 2.44. The molecule has 98 valence electrons. The van der Waals surface area contributed by atoms with Gasteiger partial charge in [0.1, 0.15) is 0 Å². The zero-order chi connectivity index (χ0) is 11.9. The molecule has 0 heterocycles. The van der Waals surface area contributed by atoms with Gasteiger partial charge in [-0.3, -0.25) is 0 Å². The lowest BCUT2D eigenvalue weighted by Crippen LogP contribution is -2.06. The van der Waals surface area contributed by atoms with Gasteiger partial charge in [-0.15, -0.1) is 0 Å². The number of alkyl halides is 1. The van der Waals surface area contributed by atoms with Crippen LogP contribution in [0, 0.1) is 0 Å². The lowest BCUT2D eigenvalue weighted by Gasteiger charge is -2.05.